The van der Waals surface area contributed by atoms with Gasteiger partial charge in [0, 0.05) is 10.6 Å². The topological polar surface area (TPSA) is 333 Å². The molecular weight excluding hydrogens is 1120 g/mol. The van der Waals surface area contributed by atoms with E-state index in [0.717, 1.165) is 45.9 Å². The summed E-state index contributed by atoms with van der Waals surface area (Å²) < 4.78 is 118. The van der Waals surface area contributed by atoms with Gasteiger partial charge in [-0.05, 0) is 135 Å². The summed E-state index contributed by atoms with van der Waals surface area (Å²) in [4.78, 5) is 15.4. The molecule has 0 radical (unpaired) electrons. The zero-order chi connectivity index (χ0) is 54.5. The predicted molar refractivity (Wildman–Crippen MR) is 276 cm³/mol. The third-order valence-corrected chi connectivity index (χ3v) is 17.6. The van der Waals surface area contributed by atoms with E-state index in [9.17, 15) is 49.4 Å². The fourth-order valence-electron chi connectivity index (χ4n) is 8.69. The third kappa shape index (κ3) is 13.8. The molecule has 0 amide bonds. The zero-order valence-corrected chi connectivity index (χ0v) is 49.8. The van der Waals surface area contributed by atoms with Crippen LogP contribution in [0, 0.1) is 39.0 Å². The maximum absolute atomic E-state index is 13.2. The standard InChI is InChI=1S/C47H46N10O12S6.4Li/c1-9-27-17-24(6)42(72-69-68-58)31(11-3)40(27)52-44-39(53-54-45-33(22-48)26(8)55-57(45)47-50-35-16-14-30(74(62,63)64)21-37(35)71-47)23(5)19-38(51-44)56(46-49-34-15-13-29(73(59,60)61)20-36(34)70-46)41-28(10-2)18-25(7)43(32(41)12-4)75(65,66)67;;;;/h13-21,58H,9-12H2,1-8H3,(H,51,52)(H,59,60,61)(H,62,63,64)(H,65,66,67);;;;/q;4*+1/p-4. The van der Waals surface area contributed by atoms with E-state index in [-0.39, 0.29) is 154 Å². The number of rotatable bonds is 18. The van der Waals surface area contributed by atoms with Crippen molar-refractivity contribution in [3.63, 3.8) is 0 Å². The number of fused-ring (bicyclic) bond motifs is 2. The Morgan fingerprint density at radius 2 is 1.30 bits per heavy atom. The molecule has 0 bridgehead atoms. The minimum Gasteiger partial charge on any atom is -0.744 e. The molecule has 0 spiro atoms. The van der Waals surface area contributed by atoms with Crippen LogP contribution in [0.5, 0.6) is 0 Å². The van der Waals surface area contributed by atoms with Crippen LogP contribution in [0.3, 0.4) is 0 Å². The Labute approximate surface area is 516 Å². The Morgan fingerprint density at radius 3 is 1.85 bits per heavy atom. The van der Waals surface area contributed by atoms with Gasteiger partial charge >= 0.3 is 75.4 Å². The molecule has 22 nitrogen and oxygen atoms in total. The first kappa shape index (κ1) is 67.6. The van der Waals surface area contributed by atoms with E-state index in [1.165, 1.54) is 35.9 Å². The van der Waals surface area contributed by atoms with Crippen molar-refractivity contribution in [2.24, 2.45) is 10.2 Å². The maximum atomic E-state index is 13.2. The molecule has 8 aromatic rings. The summed E-state index contributed by atoms with van der Waals surface area (Å²) in [5, 5.41) is 43.0. The van der Waals surface area contributed by atoms with Crippen molar-refractivity contribution >= 4 is 125 Å². The first-order valence-electron chi connectivity index (χ1n) is 22.6. The number of aromatic nitrogens is 5. The molecule has 32 heteroatoms. The number of nitrogens with zero attached hydrogens (tertiary/aromatic N) is 9. The van der Waals surface area contributed by atoms with E-state index in [2.05, 4.69) is 31.6 Å². The molecular formula is C47H42Li4N10O12S6. The van der Waals surface area contributed by atoms with Crippen molar-refractivity contribution in [3.8, 4) is 11.2 Å². The van der Waals surface area contributed by atoms with Gasteiger partial charge in [-0.1, -0.05) is 62.5 Å². The monoisotopic (exact) mass is 1160 g/mol. The molecule has 4 aromatic carbocycles. The van der Waals surface area contributed by atoms with Crippen LogP contribution in [0.1, 0.15) is 77.9 Å². The quantitative estimate of drug-likeness (QED) is 0.0230. The molecule has 1 N–H and O–H groups in total. The van der Waals surface area contributed by atoms with Gasteiger partial charge in [0.05, 0.1) is 58.5 Å². The second kappa shape index (κ2) is 27.0. The van der Waals surface area contributed by atoms with Crippen molar-refractivity contribution in [1.82, 2.24) is 24.7 Å². The predicted octanol–water partition coefficient (Wildman–Crippen LogP) is -2.57. The van der Waals surface area contributed by atoms with E-state index in [1.807, 2.05) is 33.8 Å². The van der Waals surface area contributed by atoms with Gasteiger partial charge in [-0.3, -0.25) is 9.94 Å². The minimum absolute atomic E-state index is 0. The fourth-order valence-corrected chi connectivity index (χ4v) is 13.4. The summed E-state index contributed by atoms with van der Waals surface area (Å²) in [5.74, 6) is 0.0621. The smallest absolute Gasteiger partial charge is 0.744 e. The molecule has 0 saturated heterocycles. The van der Waals surface area contributed by atoms with E-state index >= 15 is 0 Å². The number of hydrogen-bond acceptors (Lipinski definition) is 24. The first-order chi connectivity index (χ1) is 35.4. The number of hydrogen-bond donors (Lipinski definition) is 1. The summed E-state index contributed by atoms with van der Waals surface area (Å²) in [6.45, 7) is 14.0. The molecule has 8 rings (SSSR count). The van der Waals surface area contributed by atoms with E-state index in [4.69, 9.17) is 19.4 Å². The third-order valence-electron chi connectivity index (χ3n) is 12.0. The van der Waals surface area contributed by atoms with Crippen LogP contribution >= 0.6 is 34.7 Å². The van der Waals surface area contributed by atoms with E-state index < -0.39 is 45.0 Å². The second-order valence-electron chi connectivity index (χ2n) is 16.8. The number of thiazole rings is 2. The number of benzene rings is 4. The van der Waals surface area contributed by atoms with Crippen LogP contribution in [0.2, 0.25) is 0 Å². The Hall–Kier alpha value is -3.94. The number of azo groups is 1. The first-order valence-corrected chi connectivity index (χ1v) is 29.2. The van der Waals surface area contributed by atoms with Crippen molar-refractivity contribution in [2.75, 3.05) is 10.2 Å². The molecule has 0 aliphatic heterocycles. The summed E-state index contributed by atoms with van der Waals surface area (Å²) in [5.41, 5.74) is 5.35. The second-order valence-corrected chi connectivity index (χ2v) is 23.6. The van der Waals surface area contributed by atoms with Crippen molar-refractivity contribution in [2.45, 2.75) is 101 Å². The van der Waals surface area contributed by atoms with Crippen LogP contribution in [-0.4, -0.2) is 63.6 Å². The SMILES string of the molecule is CCc1cc(C)c(SOO[O-])c(CC)c1Nc1nc(N(c2nc3ccc(S(=O)(=O)[O-])cc3s2)c2c(CC)cc(C)c(S(=O)(=O)[O-])c2CC)cc(C)c1N=Nc1c(C#N)c(C)nn1-c1nc2ccc(S(=O)(=O)[O-])cc2s1.[Li+].[Li+].[Li+].[Li+]. The van der Waals surface area contributed by atoms with Gasteiger partial charge in [0.15, 0.2) is 16.8 Å². The van der Waals surface area contributed by atoms with Crippen LogP contribution < -0.4 is 90.9 Å². The number of anilines is 5. The van der Waals surface area contributed by atoms with Gasteiger partial charge in [0.2, 0.25) is 5.13 Å². The van der Waals surface area contributed by atoms with Crippen molar-refractivity contribution in [3.05, 3.63) is 105 Å². The Balaban J connectivity index is 0.00000336. The maximum Gasteiger partial charge on any atom is 1.00 e. The van der Waals surface area contributed by atoms with Crippen molar-refractivity contribution < 1.29 is 129 Å². The van der Waals surface area contributed by atoms with Crippen molar-refractivity contribution in [1.29, 1.82) is 5.26 Å². The van der Waals surface area contributed by atoms with Gasteiger partial charge in [0.25, 0.3) is 0 Å². The van der Waals surface area contributed by atoms with Gasteiger partial charge in [0.1, 0.15) is 53.5 Å². The van der Waals surface area contributed by atoms with Crippen LogP contribution in [0.4, 0.5) is 39.6 Å². The molecule has 0 aliphatic rings. The average molecular weight is 1160 g/mol. The number of pyridine rings is 1. The van der Waals surface area contributed by atoms with Gasteiger partial charge in [-0.2, -0.15) is 19.4 Å². The molecule has 0 saturated carbocycles. The molecule has 0 fully saturated rings. The number of nitriles is 1. The molecule has 392 valence electrons. The normalized spacial score (nSPS) is 11.7. The van der Waals surface area contributed by atoms with E-state index in [1.54, 1.807) is 37.8 Å². The molecule has 0 unspecified atom stereocenters. The summed E-state index contributed by atoms with van der Waals surface area (Å²) >= 11 is 2.67. The van der Waals surface area contributed by atoms with Gasteiger partial charge in [-0.15, -0.1) is 10.2 Å². The Kier molecular flexibility index (Phi) is 23.1. The number of aryl methyl sites for hydroxylation is 6. The zero-order valence-electron chi connectivity index (χ0n) is 44.9. The largest absolute Gasteiger partial charge is 1.00 e. The fraction of sp³-hybridized carbons (Fsp3) is 0.255. The molecule has 4 heterocycles. The molecule has 0 atom stereocenters. The number of nitrogens with one attached hydrogen (secondary N) is 1. The van der Waals surface area contributed by atoms with E-state index in [0.29, 0.717) is 68.8 Å². The Morgan fingerprint density at radius 1 is 0.722 bits per heavy atom. The van der Waals surface area contributed by atoms with Crippen LogP contribution in [-0.2, 0) is 65.4 Å². The summed E-state index contributed by atoms with van der Waals surface area (Å²) in [6, 6.07) is 14.6. The van der Waals surface area contributed by atoms with Gasteiger partial charge < -0.3 is 24.2 Å². The summed E-state index contributed by atoms with van der Waals surface area (Å²) in [7, 11) is -14.8. The van der Waals surface area contributed by atoms with Crippen LogP contribution in [0.25, 0.3) is 25.6 Å². The molecule has 4 aromatic heterocycles. The average Bonchev–Trinajstić information content (AvgIpc) is 4.06. The summed E-state index contributed by atoms with van der Waals surface area (Å²) in [6.07, 6.45) is 1.23. The minimum atomic E-state index is -5.11. The molecule has 79 heavy (non-hydrogen) atoms. The molecule has 0 aliphatic carbocycles. The Bertz CT molecular complexity index is 4060. The van der Waals surface area contributed by atoms with Gasteiger partial charge in [-0.25, -0.2) is 40.2 Å². The van der Waals surface area contributed by atoms with Crippen LogP contribution in [0.15, 0.2) is 84.4 Å².